The Morgan fingerprint density at radius 3 is 2.71 bits per heavy atom. The summed E-state index contributed by atoms with van der Waals surface area (Å²) in [6.07, 6.45) is 3.39. The van der Waals surface area contributed by atoms with E-state index in [2.05, 4.69) is 43.5 Å². The maximum atomic E-state index is 11.9. The molecule has 0 unspecified atom stereocenters. The van der Waals surface area contributed by atoms with E-state index in [0.717, 1.165) is 23.0 Å². The molecule has 1 aromatic carbocycles. The Kier molecular flexibility index (Phi) is 5.68. The molecule has 2 aromatic rings. The van der Waals surface area contributed by atoms with Crippen LogP contribution in [0.5, 0.6) is 0 Å². The van der Waals surface area contributed by atoms with Crippen LogP contribution < -0.4 is 10.6 Å². The molecular weight excluding hydrogens is 332 g/mol. The van der Waals surface area contributed by atoms with Crippen LogP contribution in [0.25, 0.3) is 0 Å². The highest BCUT2D eigenvalue weighted by Gasteiger charge is 2.08. The molecular formula is C15H17BrN4O. The van der Waals surface area contributed by atoms with Crippen LogP contribution in [0.15, 0.2) is 41.1 Å². The molecule has 6 heteroatoms. The first-order valence-electron chi connectivity index (χ1n) is 6.82. The van der Waals surface area contributed by atoms with Crippen molar-refractivity contribution in [3.63, 3.8) is 0 Å². The molecule has 0 aliphatic carbocycles. The number of hydrogen-bond donors (Lipinski definition) is 2. The minimum absolute atomic E-state index is 0.176. The number of hydrogen-bond acceptors (Lipinski definition) is 4. The van der Waals surface area contributed by atoms with E-state index in [9.17, 15) is 4.79 Å². The largest absolute Gasteiger partial charge is 0.351 e. The Balaban J connectivity index is 2.03. The summed E-state index contributed by atoms with van der Waals surface area (Å²) in [6, 6.07) is 9.35. The van der Waals surface area contributed by atoms with Gasteiger partial charge in [0, 0.05) is 22.8 Å². The highest BCUT2D eigenvalue weighted by molar-refractivity contribution is 9.10. The standard InChI is InChI=1S/C15H17BrN4O/c1-2-3-8-17-15(21)13-9-14(19-10-18-13)20-12-6-4-11(16)5-7-12/h4-7,9-10H,2-3,8H2,1H3,(H,17,21)(H,18,19,20). The third-order valence-electron chi connectivity index (χ3n) is 2.83. The first-order chi connectivity index (χ1) is 10.2. The Morgan fingerprint density at radius 2 is 2.00 bits per heavy atom. The zero-order chi connectivity index (χ0) is 15.1. The number of unbranched alkanes of at least 4 members (excludes halogenated alkanes) is 1. The van der Waals surface area contributed by atoms with Gasteiger partial charge in [0.05, 0.1) is 0 Å². The summed E-state index contributed by atoms with van der Waals surface area (Å²) < 4.78 is 1.01. The molecule has 2 N–H and O–H groups in total. The lowest BCUT2D eigenvalue weighted by molar-refractivity contribution is 0.0948. The predicted molar refractivity (Wildman–Crippen MR) is 86.7 cm³/mol. The number of benzene rings is 1. The van der Waals surface area contributed by atoms with Crippen molar-refractivity contribution in [2.75, 3.05) is 11.9 Å². The molecule has 110 valence electrons. The molecule has 21 heavy (non-hydrogen) atoms. The fraction of sp³-hybridized carbons (Fsp3) is 0.267. The summed E-state index contributed by atoms with van der Waals surface area (Å²) in [5, 5.41) is 5.98. The van der Waals surface area contributed by atoms with E-state index < -0.39 is 0 Å². The molecule has 1 heterocycles. The number of rotatable bonds is 6. The van der Waals surface area contributed by atoms with E-state index in [-0.39, 0.29) is 5.91 Å². The number of amides is 1. The van der Waals surface area contributed by atoms with Crippen LogP contribution in [-0.2, 0) is 0 Å². The van der Waals surface area contributed by atoms with Gasteiger partial charge in [-0.3, -0.25) is 4.79 Å². The second-order valence-electron chi connectivity index (χ2n) is 4.53. The van der Waals surface area contributed by atoms with E-state index in [0.29, 0.717) is 18.1 Å². The van der Waals surface area contributed by atoms with E-state index >= 15 is 0 Å². The Labute approximate surface area is 132 Å². The van der Waals surface area contributed by atoms with Crippen molar-refractivity contribution in [3.8, 4) is 0 Å². The lowest BCUT2D eigenvalue weighted by Crippen LogP contribution is -2.25. The average molecular weight is 349 g/mol. The molecule has 0 aliphatic rings. The number of aromatic nitrogens is 2. The summed E-state index contributed by atoms with van der Waals surface area (Å²) in [4.78, 5) is 20.1. The topological polar surface area (TPSA) is 66.9 Å². The number of nitrogens with one attached hydrogen (secondary N) is 2. The molecule has 0 spiro atoms. The Bertz CT molecular complexity index is 601. The van der Waals surface area contributed by atoms with Crippen LogP contribution in [0.1, 0.15) is 30.3 Å². The lowest BCUT2D eigenvalue weighted by Gasteiger charge is -2.07. The normalized spacial score (nSPS) is 10.2. The number of nitrogens with zero attached hydrogens (tertiary/aromatic N) is 2. The third kappa shape index (κ3) is 4.82. The summed E-state index contributed by atoms with van der Waals surface area (Å²) in [6.45, 7) is 2.74. The van der Waals surface area contributed by atoms with Gasteiger partial charge in [0.1, 0.15) is 17.8 Å². The van der Waals surface area contributed by atoms with Crippen LogP contribution in [0, 0.1) is 0 Å². The zero-order valence-corrected chi connectivity index (χ0v) is 13.4. The van der Waals surface area contributed by atoms with E-state index in [4.69, 9.17) is 0 Å². The number of halogens is 1. The Morgan fingerprint density at radius 1 is 1.24 bits per heavy atom. The van der Waals surface area contributed by atoms with Crippen molar-refractivity contribution in [2.24, 2.45) is 0 Å². The first-order valence-corrected chi connectivity index (χ1v) is 7.61. The van der Waals surface area contributed by atoms with Gasteiger partial charge >= 0.3 is 0 Å². The van der Waals surface area contributed by atoms with Crippen molar-refractivity contribution < 1.29 is 4.79 Å². The minimum Gasteiger partial charge on any atom is -0.351 e. The molecule has 2 rings (SSSR count). The highest BCUT2D eigenvalue weighted by atomic mass is 79.9. The second kappa shape index (κ2) is 7.73. The van der Waals surface area contributed by atoms with Gasteiger partial charge in [0.2, 0.25) is 0 Å². The van der Waals surface area contributed by atoms with Gasteiger partial charge in [-0.2, -0.15) is 0 Å². The van der Waals surface area contributed by atoms with Gasteiger partial charge in [-0.1, -0.05) is 29.3 Å². The fourth-order valence-corrected chi connectivity index (χ4v) is 1.96. The average Bonchev–Trinajstić information content (AvgIpc) is 2.50. The molecule has 1 aromatic heterocycles. The monoisotopic (exact) mass is 348 g/mol. The minimum atomic E-state index is -0.176. The molecule has 0 atom stereocenters. The second-order valence-corrected chi connectivity index (χ2v) is 5.45. The number of carbonyl (C=O) groups excluding carboxylic acids is 1. The van der Waals surface area contributed by atoms with Crippen molar-refractivity contribution in [1.82, 2.24) is 15.3 Å². The van der Waals surface area contributed by atoms with Crippen LogP contribution in [0.4, 0.5) is 11.5 Å². The number of carbonyl (C=O) groups is 1. The van der Waals surface area contributed by atoms with Crippen LogP contribution >= 0.6 is 15.9 Å². The van der Waals surface area contributed by atoms with Gasteiger partial charge in [-0.05, 0) is 30.7 Å². The summed E-state index contributed by atoms with van der Waals surface area (Å²) >= 11 is 3.39. The van der Waals surface area contributed by atoms with Gasteiger partial charge in [0.15, 0.2) is 0 Å². The summed E-state index contributed by atoms with van der Waals surface area (Å²) in [5.74, 6) is 0.415. The van der Waals surface area contributed by atoms with Crippen molar-refractivity contribution in [3.05, 3.63) is 46.8 Å². The summed E-state index contributed by atoms with van der Waals surface area (Å²) in [5.41, 5.74) is 1.26. The fourth-order valence-electron chi connectivity index (χ4n) is 1.70. The quantitative estimate of drug-likeness (QED) is 0.784. The van der Waals surface area contributed by atoms with Gasteiger partial charge in [-0.15, -0.1) is 0 Å². The van der Waals surface area contributed by atoms with Gasteiger partial charge in [0.25, 0.3) is 5.91 Å². The SMILES string of the molecule is CCCCNC(=O)c1cc(Nc2ccc(Br)cc2)ncn1. The smallest absolute Gasteiger partial charge is 0.270 e. The Hall–Kier alpha value is -1.95. The summed E-state index contributed by atoms with van der Waals surface area (Å²) in [7, 11) is 0. The van der Waals surface area contributed by atoms with Crippen molar-refractivity contribution in [2.45, 2.75) is 19.8 Å². The van der Waals surface area contributed by atoms with Crippen LogP contribution in [0.2, 0.25) is 0 Å². The molecule has 1 amide bonds. The molecule has 0 radical (unpaired) electrons. The molecule has 5 nitrogen and oxygen atoms in total. The predicted octanol–water partition coefficient (Wildman–Crippen LogP) is 3.51. The van der Waals surface area contributed by atoms with Crippen LogP contribution in [-0.4, -0.2) is 22.4 Å². The zero-order valence-electron chi connectivity index (χ0n) is 11.8. The van der Waals surface area contributed by atoms with E-state index in [1.54, 1.807) is 6.07 Å². The molecule has 0 saturated heterocycles. The maximum absolute atomic E-state index is 11.9. The van der Waals surface area contributed by atoms with Crippen molar-refractivity contribution >= 4 is 33.3 Å². The molecule has 0 bridgehead atoms. The third-order valence-corrected chi connectivity index (χ3v) is 3.36. The molecule has 0 saturated carbocycles. The van der Waals surface area contributed by atoms with E-state index in [1.807, 2.05) is 24.3 Å². The number of anilines is 2. The molecule has 0 fully saturated rings. The van der Waals surface area contributed by atoms with Crippen LogP contribution in [0.3, 0.4) is 0 Å². The molecule has 0 aliphatic heterocycles. The van der Waals surface area contributed by atoms with Gasteiger partial charge < -0.3 is 10.6 Å². The van der Waals surface area contributed by atoms with Crippen molar-refractivity contribution in [1.29, 1.82) is 0 Å². The van der Waals surface area contributed by atoms with Gasteiger partial charge in [-0.25, -0.2) is 9.97 Å². The van der Waals surface area contributed by atoms with E-state index in [1.165, 1.54) is 6.33 Å². The lowest BCUT2D eigenvalue weighted by atomic mass is 10.3. The maximum Gasteiger partial charge on any atom is 0.270 e. The first kappa shape index (κ1) is 15.4. The highest BCUT2D eigenvalue weighted by Crippen LogP contribution is 2.17.